The number of carbonyl (C=O) groups excluding carboxylic acids is 3. The Morgan fingerprint density at radius 2 is 1.00 bits per heavy atom. The lowest BCUT2D eigenvalue weighted by Gasteiger charge is -2.05. The minimum Gasteiger partial charge on any atom is -0.299 e. The third-order valence-corrected chi connectivity index (χ3v) is 15.3. The number of Topliss-reactive ketones (excluding diaryl/α,β-unsaturated/α-hetero) is 3. The maximum atomic E-state index is 12.1. The summed E-state index contributed by atoms with van der Waals surface area (Å²) < 4.78 is 66.1. The van der Waals surface area contributed by atoms with Crippen molar-refractivity contribution in [2.24, 2.45) is 27.3 Å². The van der Waals surface area contributed by atoms with Crippen LogP contribution in [0.4, 0.5) is 0 Å². The molecule has 19 nitrogen and oxygen atoms in total. The standard InChI is InChI=1S/2C13H15N3O3S2.C12H14N4O3S2/c1-8(2)9-3-5-10(6-4-9)11(17)7-12-15-16-13(20-12)21(14,18)19;1-8(2)11(17)7-9-3-5-10(6-4-9)12-15-16-13(20-12)21(14,18)19;1-7(2)10(17)5-8-3-4-9(14-6-8)11-15-16-12(20-11)21(13,18)19/h2*3-6,8H,7H2,1-2H3,(H2,14,18,19);3-4,6-7H,5H2,1-2H3,(H2,13,18,19). The zero-order valence-electron chi connectivity index (χ0n) is 34.7. The minimum absolute atomic E-state index is 0.00478. The van der Waals surface area contributed by atoms with Crippen LogP contribution in [0.25, 0.3) is 21.3 Å². The first-order valence-corrected chi connectivity index (χ1v) is 25.7. The molecule has 0 atom stereocenters. The summed E-state index contributed by atoms with van der Waals surface area (Å²) in [6.07, 6.45) is 2.29. The van der Waals surface area contributed by atoms with Gasteiger partial charge in [0.1, 0.15) is 27.3 Å². The fraction of sp³-hybridized carbons (Fsp3) is 0.316. The molecule has 6 N–H and O–H groups in total. The van der Waals surface area contributed by atoms with Gasteiger partial charge in [0.2, 0.25) is 13.0 Å². The lowest BCUT2D eigenvalue weighted by Crippen LogP contribution is -2.11. The normalized spacial score (nSPS) is 11.8. The number of nitrogens with zero attached hydrogens (tertiary/aromatic N) is 7. The van der Waals surface area contributed by atoms with E-state index in [2.05, 4.69) is 49.4 Å². The summed E-state index contributed by atoms with van der Waals surface area (Å²) in [4.78, 5) is 39.6. The van der Waals surface area contributed by atoms with Gasteiger partial charge in [0, 0.05) is 42.0 Å². The Kier molecular flexibility index (Phi) is 17.4. The fourth-order valence-corrected chi connectivity index (χ4v) is 9.14. The highest BCUT2D eigenvalue weighted by Crippen LogP contribution is 2.27. The molecule has 0 saturated carbocycles. The van der Waals surface area contributed by atoms with Crippen LogP contribution < -0.4 is 15.4 Å². The predicted molar refractivity (Wildman–Crippen MR) is 238 cm³/mol. The number of pyridine rings is 1. The summed E-state index contributed by atoms with van der Waals surface area (Å²) in [5.41, 5.74) is 4.65. The highest BCUT2D eigenvalue weighted by atomic mass is 32.3. The van der Waals surface area contributed by atoms with Crippen LogP contribution in [0.15, 0.2) is 79.9 Å². The highest BCUT2D eigenvalue weighted by Gasteiger charge is 2.20. The van der Waals surface area contributed by atoms with Crippen LogP contribution >= 0.6 is 34.0 Å². The lowest BCUT2D eigenvalue weighted by atomic mass is 10.00. The summed E-state index contributed by atoms with van der Waals surface area (Å²) >= 11 is 2.58. The van der Waals surface area contributed by atoms with E-state index in [4.69, 9.17) is 15.4 Å². The number of benzene rings is 2. The summed E-state index contributed by atoms with van der Waals surface area (Å²) in [5.74, 6) is 0.555. The molecule has 0 aliphatic carbocycles. The maximum Gasteiger partial charge on any atom is 0.267 e. The third-order valence-electron chi connectivity index (χ3n) is 8.49. The second kappa shape index (κ2) is 21.6. The van der Waals surface area contributed by atoms with Crippen molar-refractivity contribution >= 4 is 81.4 Å². The van der Waals surface area contributed by atoms with Crippen molar-refractivity contribution in [3.63, 3.8) is 0 Å². The van der Waals surface area contributed by atoms with Gasteiger partial charge >= 0.3 is 0 Å². The SMILES string of the molecule is CC(C)C(=O)Cc1ccc(-c2nnc(S(N)(=O)=O)s2)cc1.CC(C)C(=O)Cc1ccc(-c2nnc(S(N)(=O)=O)s2)nc1.CC(C)c1ccc(C(=O)Cc2nnc(S(N)(=O)=O)s2)cc1. The zero-order chi connectivity index (χ0) is 46.9. The molecule has 25 heteroatoms. The molecule has 0 aliphatic rings. The molecule has 4 heterocycles. The molecule has 336 valence electrons. The Hall–Kier alpha value is -4.99. The Balaban J connectivity index is 0.000000207. The van der Waals surface area contributed by atoms with E-state index in [9.17, 15) is 39.6 Å². The molecule has 0 spiro atoms. The Bertz CT molecular complexity index is 2740. The first kappa shape index (κ1) is 50.7. The molecule has 6 aromatic rings. The van der Waals surface area contributed by atoms with E-state index >= 15 is 0 Å². The second-order valence-corrected chi connectivity index (χ2v) is 22.8. The molecule has 0 radical (unpaired) electrons. The number of aromatic nitrogens is 7. The topological polar surface area (TPSA) is 322 Å². The van der Waals surface area contributed by atoms with Crippen molar-refractivity contribution in [3.8, 4) is 21.3 Å². The molecule has 0 fully saturated rings. The number of ketones is 3. The fourth-order valence-electron chi connectivity index (χ4n) is 4.82. The lowest BCUT2D eigenvalue weighted by molar-refractivity contribution is -0.122. The predicted octanol–water partition coefficient (Wildman–Crippen LogP) is 4.37. The van der Waals surface area contributed by atoms with Gasteiger partial charge in [0.05, 0.1) is 6.42 Å². The van der Waals surface area contributed by atoms with Gasteiger partial charge in [-0.3, -0.25) is 19.4 Å². The Morgan fingerprint density at radius 3 is 1.44 bits per heavy atom. The van der Waals surface area contributed by atoms with E-state index in [1.807, 2.05) is 52.0 Å². The molecular formula is C38H44N10O9S6. The van der Waals surface area contributed by atoms with Crippen molar-refractivity contribution in [2.75, 3.05) is 0 Å². The van der Waals surface area contributed by atoms with E-state index in [1.54, 1.807) is 42.6 Å². The number of rotatable bonds is 15. The summed E-state index contributed by atoms with van der Waals surface area (Å²) in [7, 11) is -11.5. The van der Waals surface area contributed by atoms with Crippen LogP contribution in [-0.2, 0) is 58.9 Å². The van der Waals surface area contributed by atoms with E-state index in [0.717, 1.165) is 56.3 Å². The smallest absolute Gasteiger partial charge is 0.267 e. The average molecular weight is 977 g/mol. The summed E-state index contributed by atoms with van der Waals surface area (Å²) in [6, 6.07) is 18.0. The molecule has 0 unspecified atom stereocenters. The van der Waals surface area contributed by atoms with Gasteiger partial charge in [0.25, 0.3) is 30.1 Å². The van der Waals surface area contributed by atoms with Crippen LogP contribution in [0.1, 0.15) is 79.5 Å². The van der Waals surface area contributed by atoms with Gasteiger partial charge in [0.15, 0.2) is 10.8 Å². The number of nitrogens with two attached hydrogens (primary N) is 3. The van der Waals surface area contributed by atoms with Crippen LogP contribution in [0.3, 0.4) is 0 Å². The van der Waals surface area contributed by atoms with Crippen LogP contribution in [0.5, 0.6) is 0 Å². The molecule has 63 heavy (non-hydrogen) atoms. The zero-order valence-corrected chi connectivity index (χ0v) is 39.6. The number of hydrogen-bond donors (Lipinski definition) is 3. The van der Waals surface area contributed by atoms with Crippen molar-refractivity contribution < 1.29 is 39.6 Å². The summed E-state index contributed by atoms with van der Waals surface area (Å²) in [6.45, 7) is 11.6. The largest absolute Gasteiger partial charge is 0.299 e. The second-order valence-electron chi connectivity index (χ2n) is 14.6. The Labute approximate surface area is 376 Å². The third kappa shape index (κ3) is 15.4. The van der Waals surface area contributed by atoms with Crippen LogP contribution in [-0.4, -0.2) is 78.2 Å². The molecule has 0 amide bonds. The quantitative estimate of drug-likeness (QED) is 0.120. The van der Waals surface area contributed by atoms with Gasteiger partial charge in [-0.1, -0.05) is 130 Å². The maximum absolute atomic E-state index is 12.1. The molecule has 0 saturated heterocycles. The van der Waals surface area contributed by atoms with Crippen molar-refractivity contribution in [1.82, 2.24) is 35.6 Å². The van der Waals surface area contributed by atoms with Gasteiger partial charge in [-0.05, 0) is 28.7 Å². The van der Waals surface area contributed by atoms with E-state index in [0.29, 0.717) is 45.0 Å². The molecule has 2 aromatic carbocycles. The number of carbonyl (C=O) groups is 3. The van der Waals surface area contributed by atoms with Gasteiger partial charge in [-0.2, -0.15) is 0 Å². The molecule has 0 aliphatic heterocycles. The van der Waals surface area contributed by atoms with Gasteiger partial charge in [-0.15, -0.1) is 30.6 Å². The van der Waals surface area contributed by atoms with Crippen LogP contribution in [0, 0.1) is 11.8 Å². The number of primary sulfonamides is 3. The van der Waals surface area contributed by atoms with Crippen LogP contribution in [0.2, 0.25) is 0 Å². The number of hydrogen-bond acceptors (Lipinski definition) is 19. The molecule has 4 aromatic heterocycles. The minimum atomic E-state index is -3.86. The first-order valence-electron chi connectivity index (χ1n) is 18.6. The summed E-state index contributed by atoms with van der Waals surface area (Å²) in [5, 5.41) is 37.9. The highest BCUT2D eigenvalue weighted by molar-refractivity contribution is 7.91. The van der Waals surface area contributed by atoms with E-state index in [1.165, 1.54) is 0 Å². The first-order chi connectivity index (χ1) is 29.3. The van der Waals surface area contributed by atoms with Gasteiger partial charge < -0.3 is 0 Å². The monoisotopic (exact) mass is 976 g/mol. The van der Waals surface area contributed by atoms with E-state index < -0.39 is 30.1 Å². The van der Waals surface area contributed by atoms with Crippen molar-refractivity contribution in [2.45, 2.75) is 79.7 Å². The van der Waals surface area contributed by atoms with Crippen molar-refractivity contribution in [3.05, 3.63) is 94.1 Å². The average Bonchev–Trinajstić information content (AvgIpc) is 4.01. The Morgan fingerprint density at radius 1 is 0.540 bits per heavy atom. The molecular weight excluding hydrogens is 933 g/mol. The van der Waals surface area contributed by atoms with Crippen molar-refractivity contribution in [1.29, 1.82) is 0 Å². The molecule has 0 bridgehead atoms. The number of sulfonamides is 3. The van der Waals surface area contributed by atoms with Gasteiger partial charge in [-0.25, -0.2) is 40.7 Å². The van der Waals surface area contributed by atoms with E-state index in [-0.39, 0.29) is 48.6 Å². The molecule has 6 rings (SSSR count).